The Morgan fingerprint density at radius 1 is 1.32 bits per heavy atom. The molecule has 1 aromatic heterocycles. The number of nitrogens with zero attached hydrogens (tertiary/aromatic N) is 2. The number of aromatic nitrogens is 1. The molecule has 3 nitrogen and oxygen atoms in total. The van der Waals surface area contributed by atoms with Gasteiger partial charge in [0.15, 0.2) is 0 Å². The van der Waals surface area contributed by atoms with Crippen molar-refractivity contribution in [2.75, 3.05) is 0 Å². The van der Waals surface area contributed by atoms with Gasteiger partial charge in [-0.3, -0.25) is 4.79 Å². The molecule has 134 valence electrons. The third-order valence-electron chi connectivity index (χ3n) is 4.39. The van der Waals surface area contributed by atoms with Gasteiger partial charge in [-0.05, 0) is 51.3 Å². The summed E-state index contributed by atoms with van der Waals surface area (Å²) < 4.78 is 39.0. The standard InChI is InChI=1S/C18H19F3N2OS/c1-10-16(25-12(3)22-10)17(24)23(15-7-8-15)11(2)13-5-4-6-14(9-13)18(19,20)21/h4-6,9,11,15H,7-8H2,1-3H3. The van der Waals surface area contributed by atoms with E-state index < -0.39 is 17.8 Å². The number of amides is 1. The summed E-state index contributed by atoms with van der Waals surface area (Å²) in [4.78, 5) is 19.6. The minimum Gasteiger partial charge on any atom is -0.328 e. The molecule has 7 heteroatoms. The first-order valence-electron chi connectivity index (χ1n) is 8.12. The number of aryl methyl sites for hydroxylation is 2. The second-order valence-corrected chi connectivity index (χ2v) is 7.59. The number of hydrogen-bond acceptors (Lipinski definition) is 3. The molecule has 1 aromatic carbocycles. The van der Waals surface area contributed by atoms with Gasteiger partial charge in [-0.1, -0.05) is 12.1 Å². The van der Waals surface area contributed by atoms with Gasteiger partial charge >= 0.3 is 6.18 Å². The number of carbonyl (C=O) groups is 1. The SMILES string of the molecule is Cc1nc(C)c(C(=O)N(C2CC2)C(C)c2cccc(C(F)(F)F)c2)s1. The van der Waals surface area contributed by atoms with Crippen LogP contribution in [0.25, 0.3) is 0 Å². The molecule has 25 heavy (non-hydrogen) atoms. The lowest BCUT2D eigenvalue weighted by Crippen LogP contribution is -2.35. The van der Waals surface area contributed by atoms with Crippen LogP contribution < -0.4 is 0 Å². The van der Waals surface area contributed by atoms with Crippen molar-refractivity contribution in [2.45, 2.75) is 51.9 Å². The average Bonchev–Trinajstić information content (AvgIpc) is 3.30. The molecule has 0 radical (unpaired) electrons. The first-order chi connectivity index (χ1) is 11.7. The third-order valence-corrected chi connectivity index (χ3v) is 5.45. The van der Waals surface area contributed by atoms with Gasteiger partial charge in [0.25, 0.3) is 5.91 Å². The van der Waals surface area contributed by atoms with Gasteiger partial charge in [0, 0.05) is 6.04 Å². The van der Waals surface area contributed by atoms with Crippen LogP contribution in [0.5, 0.6) is 0 Å². The van der Waals surface area contributed by atoms with E-state index in [9.17, 15) is 18.0 Å². The van der Waals surface area contributed by atoms with E-state index in [0.717, 1.165) is 30.0 Å². The summed E-state index contributed by atoms with van der Waals surface area (Å²) >= 11 is 1.33. The topological polar surface area (TPSA) is 33.2 Å². The van der Waals surface area contributed by atoms with E-state index in [1.54, 1.807) is 24.8 Å². The van der Waals surface area contributed by atoms with Crippen LogP contribution in [0, 0.1) is 13.8 Å². The molecule has 1 unspecified atom stereocenters. The Morgan fingerprint density at radius 2 is 2.00 bits per heavy atom. The predicted molar refractivity (Wildman–Crippen MR) is 90.6 cm³/mol. The number of carbonyl (C=O) groups excluding carboxylic acids is 1. The predicted octanol–water partition coefficient (Wildman–Crippen LogP) is 5.14. The Bertz CT molecular complexity index is 796. The molecule has 1 saturated carbocycles. The second kappa shape index (κ2) is 6.44. The number of thiazole rings is 1. The van der Waals surface area contributed by atoms with E-state index in [1.807, 2.05) is 6.92 Å². The minimum absolute atomic E-state index is 0.0823. The summed E-state index contributed by atoms with van der Waals surface area (Å²) in [7, 11) is 0. The molecule has 1 atom stereocenters. The van der Waals surface area contributed by atoms with Crippen LogP contribution >= 0.6 is 11.3 Å². The minimum atomic E-state index is -4.39. The summed E-state index contributed by atoms with van der Waals surface area (Å²) in [6, 6.07) is 4.89. The number of benzene rings is 1. The van der Waals surface area contributed by atoms with Crippen molar-refractivity contribution in [1.29, 1.82) is 0 Å². The third kappa shape index (κ3) is 3.71. The van der Waals surface area contributed by atoms with Gasteiger partial charge in [-0.2, -0.15) is 13.2 Å². The van der Waals surface area contributed by atoms with Crippen molar-refractivity contribution in [2.24, 2.45) is 0 Å². The summed E-state index contributed by atoms with van der Waals surface area (Å²) in [5.41, 5.74) is 0.480. The Labute approximate surface area is 148 Å². The van der Waals surface area contributed by atoms with Crippen LogP contribution in [0.15, 0.2) is 24.3 Å². The van der Waals surface area contributed by atoms with Crippen LogP contribution in [-0.4, -0.2) is 21.8 Å². The van der Waals surface area contributed by atoms with Crippen molar-refractivity contribution >= 4 is 17.2 Å². The van der Waals surface area contributed by atoms with Crippen LogP contribution in [0.3, 0.4) is 0 Å². The molecule has 2 aromatic rings. The molecule has 1 aliphatic rings. The number of rotatable bonds is 4. The van der Waals surface area contributed by atoms with E-state index in [-0.39, 0.29) is 11.9 Å². The maximum Gasteiger partial charge on any atom is 0.416 e. The first kappa shape index (κ1) is 17.9. The fraction of sp³-hybridized carbons (Fsp3) is 0.444. The lowest BCUT2D eigenvalue weighted by atomic mass is 10.0. The van der Waals surface area contributed by atoms with Gasteiger partial charge in [-0.15, -0.1) is 11.3 Å². The number of alkyl halides is 3. The largest absolute Gasteiger partial charge is 0.416 e. The first-order valence-corrected chi connectivity index (χ1v) is 8.94. The fourth-order valence-electron chi connectivity index (χ4n) is 2.99. The zero-order valence-electron chi connectivity index (χ0n) is 14.2. The summed E-state index contributed by atoms with van der Waals surface area (Å²) in [5.74, 6) is -0.143. The lowest BCUT2D eigenvalue weighted by molar-refractivity contribution is -0.137. The van der Waals surface area contributed by atoms with Gasteiger partial charge in [-0.25, -0.2) is 4.98 Å². The van der Waals surface area contributed by atoms with E-state index in [4.69, 9.17) is 0 Å². The normalized spacial score (nSPS) is 15.9. The van der Waals surface area contributed by atoms with E-state index in [1.165, 1.54) is 17.4 Å². The van der Waals surface area contributed by atoms with E-state index in [2.05, 4.69) is 4.98 Å². The molecule has 0 saturated heterocycles. The quantitative estimate of drug-likeness (QED) is 0.748. The Morgan fingerprint density at radius 3 is 2.52 bits per heavy atom. The molecule has 3 rings (SSSR count). The molecule has 0 aliphatic heterocycles. The molecular weight excluding hydrogens is 349 g/mol. The second-order valence-electron chi connectivity index (χ2n) is 6.39. The lowest BCUT2D eigenvalue weighted by Gasteiger charge is -2.30. The summed E-state index contributed by atoms with van der Waals surface area (Å²) in [6.07, 6.45) is -2.63. The van der Waals surface area contributed by atoms with Gasteiger partial charge < -0.3 is 4.90 Å². The smallest absolute Gasteiger partial charge is 0.328 e. The van der Waals surface area contributed by atoms with Crippen molar-refractivity contribution in [3.05, 3.63) is 51.0 Å². The molecule has 0 N–H and O–H groups in total. The maximum atomic E-state index is 13.0. The molecule has 0 bridgehead atoms. The van der Waals surface area contributed by atoms with Gasteiger partial charge in [0.1, 0.15) is 4.88 Å². The van der Waals surface area contributed by atoms with Crippen molar-refractivity contribution < 1.29 is 18.0 Å². The summed E-state index contributed by atoms with van der Waals surface area (Å²) in [6.45, 7) is 5.41. The average molecular weight is 368 g/mol. The maximum absolute atomic E-state index is 13.0. The summed E-state index contributed by atoms with van der Waals surface area (Å²) in [5, 5.41) is 0.809. The van der Waals surface area contributed by atoms with Gasteiger partial charge in [0.05, 0.1) is 22.3 Å². The Hall–Kier alpha value is -1.89. The molecule has 1 heterocycles. The highest BCUT2D eigenvalue weighted by Crippen LogP contribution is 2.38. The number of hydrogen-bond donors (Lipinski definition) is 0. The van der Waals surface area contributed by atoms with Crippen LogP contribution in [0.1, 0.15) is 57.3 Å². The number of halogens is 3. The zero-order chi connectivity index (χ0) is 18.4. The molecule has 1 fully saturated rings. The Balaban J connectivity index is 1.93. The highest BCUT2D eigenvalue weighted by atomic mass is 32.1. The molecule has 0 spiro atoms. The fourth-order valence-corrected chi connectivity index (χ4v) is 3.86. The Kier molecular flexibility index (Phi) is 4.62. The molecule has 1 amide bonds. The van der Waals surface area contributed by atoms with Gasteiger partial charge in [0.2, 0.25) is 0 Å². The van der Waals surface area contributed by atoms with Crippen LogP contribution in [-0.2, 0) is 6.18 Å². The zero-order valence-corrected chi connectivity index (χ0v) is 15.0. The van der Waals surface area contributed by atoms with E-state index in [0.29, 0.717) is 16.1 Å². The van der Waals surface area contributed by atoms with E-state index >= 15 is 0 Å². The highest BCUT2D eigenvalue weighted by molar-refractivity contribution is 7.13. The highest BCUT2D eigenvalue weighted by Gasteiger charge is 2.38. The monoisotopic (exact) mass is 368 g/mol. The van der Waals surface area contributed by atoms with Crippen molar-refractivity contribution in [1.82, 2.24) is 9.88 Å². The van der Waals surface area contributed by atoms with Crippen LogP contribution in [0.2, 0.25) is 0 Å². The van der Waals surface area contributed by atoms with Crippen LogP contribution in [0.4, 0.5) is 13.2 Å². The molecule has 1 aliphatic carbocycles. The van der Waals surface area contributed by atoms with Crippen molar-refractivity contribution in [3.63, 3.8) is 0 Å². The molecular formula is C18H19F3N2OS. The van der Waals surface area contributed by atoms with Crippen molar-refractivity contribution in [3.8, 4) is 0 Å².